The van der Waals surface area contributed by atoms with Crippen LogP contribution in [-0.2, 0) is 6.42 Å². The van der Waals surface area contributed by atoms with Gasteiger partial charge in [-0.25, -0.2) is 0 Å². The third kappa shape index (κ3) is 5.29. The number of hydrogen-bond acceptors (Lipinski definition) is 1. The summed E-state index contributed by atoms with van der Waals surface area (Å²) < 4.78 is 1.15. The molecule has 0 aliphatic carbocycles. The van der Waals surface area contributed by atoms with Crippen LogP contribution in [0.3, 0.4) is 0 Å². The molecule has 1 nitrogen and oxygen atoms in total. The SMILES string of the molecule is CCC(NC(C)CCc1ccccc1)c1cccc(Br)c1. The van der Waals surface area contributed by atoms with Crippen molar-refractivity contribution in [3.8, 4) is 0 Å². The summed E-state index contributed by atoms with van der Waals surface area (Å²) in [5.41, 5.74) is 2.78. The standard InChI is InChI=1S/C19H24BrN/c1-3-19(17-10-7-11-18(20)14-17)21-15(2)12-13-16-8-5-4-6-9-16/h4-11,14-15,19,21H,3,12-13H2,1-2H3. The molecule has 0 amide bonds. The van der Waals surface area contributed by atoms with Gasteiger partial charge in [-0.15, -0.1) is 0 Å². The Morgan fingerprint density at radius 2 is 1.81 bits per heavy atom. The summed E-state index contributed by atoms with van der Waals surface area (Å²) in [5, 5.41) is 3.76. The Bertz CT molecular complexity index is 538. The molecule has 0 aliphatic rings. The fraction of sp³-hybridized carbons (Fsp3) is 0.368. The predicted molar refractivity (Wildman–Crippen MR) is 94.5 cm³/mol. The summed E-state index contributed by atoms with van der Waals surface area (Å²) in [6.07, 6.45) is 3.39. The van der Waals surface area contributed by atoms with E-state index in [4.69, 9.17) is 0 Å². The number of rotatable bonds is 7. The normalized spacial score (nSPS) is 13.9. The van der Waals surface area contributed by atoms with Crippen molar-refractivity contribution in [1.29, 1.82) is 0 Å². The molecule has 0 aromatic heterocycles. The minimum absolute atomic E-state index is 0.424. The van der Waals surface area contributed by atoms with Crippen LogP contribution in [0.1, 0.15) is 43.9 Å². The maximum absolute atomic E-state index is 3.76. The third-order valence-corrected chi connectivity index (χ3v) is 4.35. The zero-order chi connectivity index (χ0) is 15.1. The van der Waals surface area contributed by atoms with Crippen LogP contribution in [0.15, 0.2) is 59.1 Å². The minimum atomic E-state index is 0.424. The van der Waals surface area contributed by atoms with Gasteiger partial charge in [-0.05, 0) is 49.4 Å². The highest BCUT2D eigenvalue weighted by atomic mass is 79.9. The molecule has 2 aromatic rings. The smallest absolute Gasteiger partial charge is 0.0320 e. The van der Waals surface area contributed by atoms with Gasteiger partial charge >= 0.3 is 0 Å². The molecule has 0 radical (unpaired) electrons. The zero-order valence-electron chi connectivity index (χ0n) is 12.9. The van der Waals surface area contributed by atoms with E-state index in [2.05, 4.69) is 89.7 Å². The molecular formula is C19H24BrN. The summed E-state index contributed by atoms with van der Waals surface area (Å²) in [6.45, 7) is 4.52. The van der Waals surface area contributed by atoms with Gasteiger partial charge in [0.05, 0.1) is 0 Å². The van der Waals surface area contributed by atoms with E-state index < -0.39 is 0 Å². The first-order valence-corrected chi connectivity index (χ1v) is 8.53. The lowest BCUT2D eigenvalue weighted by molar-refractivity contribution is 0.427. The second kappa shape index (κ2) is 8.35. The van der Waals surface area contributed by atoms with Crippen LogP contribution in [-0.4, -0.2) is 6.04 Å². The first-order chi connectivity index (χ1) is 10.2. The van der Waals surface area contributed by atoms with Crippen LogP contribution in [0.25, 0.3) is 0 Å². The molecule has 0 saturated heterocycles. The van der Waals surface area contributed by atoms with Crippen molar-refractivity contribution in [2.45, 2.75) is 45.2 Å². The highest BCUT2D eigenvalue weighted by Gasteiger charge is 2.12. The van der Waals surface area contributed by atoms with Crippen molar-refractivity contribution in [3.05, 3.63) is 70.2 Å². The first-order valence-electron chi connectivity index (χ1n) is 7.74. The third-order valence-electron chi connectivity index (χ3n) is 3.85. The largest absolute Gasteiger partial charge is 0.307 e. The van der Waals surface area contributed by atoms with Gasteiger partial charge in [0.15, 0.2) is 0 Å². The van der Waals surface area contributed by atoms with Crippen molar-refractivity contribution in [3.63, 3.8) is 0 Å². The predicted octanol–water partition coefficient (Wildman–Crippen LogP) is 5.51. The van der Waals surface area contributed by atoms with E-state index in [-0.39, 0.29) is 0 Å². The van der Waals surface area contributed by atoms with Crippen LogP contribution in [0.2, 0.25) is 0 Å². The Morgan fingerprint density at radius 3 is 2.48 bits per heavy atom. The zero-order valence-corrected chi connectivity index (χ0v) is 14.4. The summed E-state index contributed by atoms with van der Waals surface area (Å²) in [5.74, 6) is 0. The van der Waals surface area contributed by atoms with Crippen LogP contribution in [0, 0.1) is 0 Å². The van der Waals surface area contributed by atoms with Gasteiger partial charge in [-0.3, -0.25) is 0 Å². The molecule has 112 valence electrons. The molecule has 0 fully saturated rings. The van der Waals surface area contributed by atoms with E-state index in [1.54, 1.807) is 0 Å². The Morgan fingerprint density at radius 1 is 1.05 bits per heavy atom. The fourth-order valence-corrected chi connectivity index (χ4v) is 3.04. The van der Waals surface area contributed by atoms with Gasteiger partial charge < -0.3 is 5.32 Å². The van der Waals surface area contributed by atoms with E-state index in [0.717, 1.165) is 23.7 Å². The Balaban J connectivity index is 1.89. The molecule has 2 heteroatoms. The average Bonchev–Trinajstić information content (AvgIpc) is 2.51. The van der Waals surface area contributed by atoms with Crippen LogP contribution in [0.5, 0.6) is 0 Å². The molecular weight excluding hydrogens is 322 g/mol. The summed E-state index contributed by atoms with van der Waals surface area (Å²) in [4.78, 5) is 0. The van der Waals surface area contributed by atoms with Crippen LogP contribution in [0.4, 0.5) is 0 Å². The quantitative estimate of drug-likeness (QED) is 0.697. The lowest BCUT2D eigenvalue weighted by Gasteiger charge is -2.23. The van der Waals surface area contributed by atoms with E-state index in [9.17, 15) is 0 Å². The number of aryl methyl sites for hydroxylation is 1. The number of nitrogens with one attached hydrogen (secondary N) is 1. The van der Waals surface area contributed by atoms with E-state index >= 15 is 0 Å². The van der Waals surface area contributed by atoms with Crippen molar-refractivity contribution in [2.75, 3.05) is 0 Å². The summed E-state index contributed by atoms with van der Waals surface area (Å²) in [7, 11) is 0. The molecule has 21 heavy (non-hydrogen) atoms. The van der Waals surface area contributed by atoms with E-state index in [1.807, 2.05) is 0 Å². The molecule has 0 bridgehead atoms. The van der Waals surface area contributed by atoms with Gasteiger partial charge in [0, 0.05) is 16.6 Å². The number of hydrogen-bond donors (Lipinski definition) is 1. The molecule has 2 rings (SSSR count). The minimum Gasteiger partial charge on any atom is -0.307 e. The Labute approximate surface area is 136 Å². The monoisotopic (exact) mass is 345 g/mol. The molecule has 2 aromatic carbocycles. The van der Waals surface area contributed by atoms with Gasteiger partial charge in [0.1, 0.15) is 0 Å². The lowest BCUT2D eigenvalue weighted by Crippen LogP contribution is -2.30. The second-order valence-electron chi connectivity index (χ2n) is 5.61. The summed E-state index contributed by atoms with van der Waals surface area (Å²) >= 11 is 3.56. The number of halogens is 1. The van der Waals surface area contributed by atoms with Gasteiger partial charge in [0.25, 0.3) is 0 Å². The average molecular weight is 346 g/mol. The Kier molecular flexibility index (Phi) is 6.47. The topological polar surface area (TPSA) is 12.0 Å². The van der Waals surface area contributed by atoms with Crippen molar-refractivity contribution < 1.29 is 0 Å². The maximum Gasteiger partial charge on any atom is 0.0320 e. The van der Waals surface area contributed by atoms with Crippen molar-refractivity contribution in [2.24, 2.45) is 0 Å². The Hall–Kier alpha value is -1.12. The summed E-state index contributed by atoms with van der Waals surface area (Å²) in [6, 6.07) is 20.3. The lowest BCUT2D eigenvalue weighted by atomic mass is 10.0. The van der Waals surface area contributed by atoms with Gasteiger partial charge in [0.2, 0.25) is 0 Å². The van der Waals surface area contributed by atoms with Gasteiger partial charge in [-0.1, -0.05) is 65.3 Å². The second-order valence-corrected chi connectivity index (χ2v) is 6.52. The molecule has 0 spiro atoms. The molecule has 2 unspecified atom stereocenters. The van der Waals surface area contributed by atoms with Crippen LogP contribution < -0.4 is 5.32 Å². The number of benzene rings is 2. The molecule has 1 N–H and O–H groups in total. The molecule has 2 atom stereocenters. The fourth-order valence-electron chi connectivity index (χ4n) is 2.63. The highest BCUT2D eigenvalue weighted by molar-refractivity contribution is 9.10. The molecule has 0 aliphatic heterocycles. The van der Waals surface area contributed by atoms with Gasteiger partial charge in [-0.2, -0.15) is 0 Å². The van der Waals surface area contributed by atoms with E-state index in [1.165, 1.54) is 11.1 Å². The molecule has 0 saturated carbocycles. The molecule has 0 heterocycles. The van der Waals surface area contributed by atoms with Crippen molar-refractivity contribution >= 4 is 15.9 Å². The van der Waals surface area contributed by atoms with E-state index in [0.29, 0.717) is 12.1 Å². The van der Waals surface area contributed by atoms with Crippen LogP contribution >= 0.6 is 15.9 Å². The highest BCUT2D eigenvalue weighted by Crippen LogP contribution is 2.21. The van der Waals surface area contributed by atoms with Crippen molar-refractivity contribution in [1.82, 2.24) is 5.32 Å². The maximum atomic E-state index is 3.76. The first kappa shape index (κ1) is 16.3.